The lowest BCUT2D eigenvalue weighted by molar-refractivity contribution is 0.0979. The average Bonchev–Trinajstić information content (AvgIpc) is 2.63. The maximum absolute atomic E-state index is 12.8. The summed E-state index contributed by atoms with van der Waals surface area (Å²) in [5, 5.41) is 1.65. The fourth-order valence-corrected chi connectivity index (χ4v) is 3.17. The molecule has 0 N–H and O–H groups in total. The molecule has 3 aromatic rings. The number of hydrogen-bond donors (Lipinski definition) is 0. The molecule has 0 saturated carbocycles. The highest BCUT2D eigenvalue weighted by Crippen LogP contribution is 2.36. The van der Waals surface area contributed by atoms with E-state index in [4.69, 9.17) is 9.47 Å². The van der Waals surface area contributed by atoms with Gasteiger partial charge in [0.05, 0.1) is 14.2 Å². The second-order valence-corrected chi connectivity index (χ2v) is 5.66. The molecule has 1 aliphatic carbocycles. The van der Waals surface area contributed by atoms with Crippen LogP contribution in [0.25, 0.3) is 10.8 Å². The van der Waals surface area contributed by atoms with Crippen molar-refractivity contribution < 1.29 is 19.1 Å². The van der Waals surface area contributed by atoms with Gasteiger partial charge in [-0.3, -0.25) is 9.59 Å². The van der Waals surface area contributed by atoms with Crippen LogP contribution < -0.4 is 9.47 Å². The Morgan fingerprint density at radius 3 is 1.42 bits per heavy atom. The number of benzene rings is 3. The summed E-state index contributed by atoms with van der Waals surface area (Å²) >= 11 is 0. The second kappa shape index (κ2) is 5.20. The Kier molecular flexibility index (Phi) is 3.13. The standard InChI is InChI=1S/C20H14O4/c1-23-17-9-11-7-15-16(8-12(11)10-18(17)24-2)20(22)14-6-4-3-5-13(14)19(15)21/h3-10H,1-2H3. The largest absolute Gasteiger partial charge is 0.493 e. The van der Waals surface area contributed by atoms with Crippen LogP contribution in [0.1, 0.15) is 31.8 Å². The van der Waals surface area contributed by atoms with Gasteiger partial charge < -0.3 is 9.47 Å². The van der Waals surface area contributed by atoms with Gasteiger partial charge in [-0.25, -0.2) is 0 Å². The smallest absolute Gasteiger partial charge is 0.194 e. The number of carbonyl (C=O) groups is 2. The molecule has 0 unspecified atom stereocenters. The summed E-state index contributed by atoms with van der Waals surface area (Å²) in [6.07, 6.45) is 0. The van der Waals surface area contributed by atoms with E-state index >= 15 is 0 Å². The van der Waals surface area contributed by atoms with Gasteiger partial charge in [-0.15, -0.1) is 0 Å². The Morgan fingerprint density at radius 2 is 1.04 bits per heavy atom. The Bertz CT molecular complexity index is 936. The quantitative estimate of drug-likeness (QED) is 0.566. The van der Waals surface area contributed by atoms with E-state index < -0.39 is 0 Å². The van der Waals surface area contributed by atoms with Gasteiger partial charge in [0, 0.05) is 22.3 Å². The van der Waals surface area contributed by atoms with Gasteiger partial charge in [0.1, 0.15) is 0 Å². The zero-order valence-electron chi connectivity index (χ0n) is 13.3. The van der Waals surface area contributed by atoms with Crippen LogP contribution in [0.15, 0.2) is 48.5 Å². The first kappa shape index (κ1) is 14.5. The molecule has 0 aliphatic heterocycles. The molecule has 0 saturated heterocycles. The minimum atomic E-state index is -0.128. The summed E-state index contributed by atoms with van der Waals surface area (Å²) in [6.45, 7) is 0. The second-order valence-electron chi connectivity index (χ2n) is 5.66. The van der Waals surface area contributed by atoms with Crippen LogP contribution in [0.3, 0.4) is 0 Å². The van der Waals surface area contributed by atoms with Crippen molar-refractivity contribution in [2.45, 2.75) is 0 Å². The van der Waals surface area contributed by atoms with Crippen molar-refractivity contribution in [1.29, 1.82) is 0 Å². The molecule has 118 valence electrons. The van der Waals surface area contributed by atoms with Crippen molar-refractivity contribution in [3.63, 3.8) is 0 Å². The van der Waals surface area contributed by atoms with E-state index in [1.54, 1.807) is 50.6 Å². The third kappa shape index (κ3) is 1.93. The number of carbonyl (C=O) groups excluding carboxylic acids is 2. The van der Waals surface area contributed by atoms with Crippen LogP contribution >= 0.6 is 0 Å². The number of fused-ring (bicyclic) bond motifs is 3. The molecule has 0 atom stereocenters. The van der Waals surface area contributed by atoms with Crippen LogP contribution in [0.5, 0.6) is 11.5 Å². The number of hydrogen-bond acceptors (Lipinski definition) is 4. The predicted octanol–water partition coefficient (Wildman–Crippen LogP) is 3.63. The summed E-state index contributed by atoms with van der Waals surface area (Å²) in [6, 6.07) is 14.0. The molecule has 0 spiro atoms. The fraction of sp³-hybridized carbons (Fsp3) is 0.100. The molecule has 1 aliphatic rings. The predicted molar refractivity (Wildman–Crippen MR) is 90.4 cm³/mol. The Labute approximate surface area is 138 Å². The van der Waals surface area contributed by atoms with Crippen molar-refractivity contribution in [3.8, 4) is 11.5 Å². The Morgan fingerprint density at radius 1 is 0.625 bits per heavy atom. The van der Waals surface area contributed by atoms with Crippen molar-refractivity contribution >= 4 is 22.3 Å². The molecule has 0 heterocycles. The zero-order chi connectivity index (χ0) is 16.8. The zero-order valence-corrected chi connectivity index (χ0v) is 13.3. The highest BCUT2D eigenvalue weighted by molar-refractivity contribution is 6.29. The van der Waals surface area contributed by atoms with Gasteiger partial charge >= 0.3 is 0 Å². The average molecular weight is 318 g/mol. The molecule has 4 nitrogen and oxygen atoms in total. The van der Waals surface area contributed by atoms with Crippen molar-refractivity contribution in [2.75, 3.05) is 14.2 Å². The minimum absolute atomic E-state index is 0.128. The van der Waals surface area contributed by atoms with E-state index in [-0.39, 0.29) is 11.6 Å². The van der Waals surface area contributed by atoms with E-state index in [9.17, 15) is 9.59 Å². The first-order valence-electron chi connectivity index (χ1n) is 7.52. The third-order valence-electron chi connectivity index (χ3n) is 4.38. The van der Waals surface area contributed by atoms with Gasteiger partial charge in [0.2, 0.25) is 0 Å². The Hall–Kier alpha value is -3.14. The molecule has 0 aromatic heterocycles. The fourth-order valence-electron chi connectivity index (χ4n) is 3.17. The summed E-state index contributed by atoms with van der Waals surface area (Å²) < 4.78 is 10.6. The third-order valence-corrected chi connectivity index (χ3v) is 4.38. The minimum Gasteiger partial charge on any atom is -0.493 e. The normalized spacial score (nSPS) is 12.8. The summed E-state index contributed by atoms with van der Waals surface area (Å²) in [5.41, 5.74) is 1.77. The van der Waals surface area contributed by atoms with Crippen LogP contribution in [0.2, 0.25) is 0 Å². The van der Waals surface area contributed by atoms with Crippen molar-refractivity contribution in [1.82, 2.24) is 0 Å². The van der Waals surface area contributed by atoms with E-state index in [1.165, 1.54) is 0 Å². The molecule has 0 radical (unpaired) electrons. The number of rotatable bonds is 2. The van der Waals surface area contributed by atoms with Crippen LogP contribution in [-0.4, -0.2) is 25.8 Å². The highest BCUT2D eigenvalue weighted by atomic mass is 16.5. The molecule has 0 amide bonds. The molecule has 0 bridgehead atoms. The van der Waals surface area contributed by atoms with Crippen LogP contribution in [-0.2, 0) is 0 Å². The van der Waals surface area contributed by atoms with Crippen molar-refractivity contribution in [2.24, 2.45) is 0 Å². The first-order chi connectivity index (χ1) is 11.6. The number of ketones is 2. The number of methoxy groups -OCH3 is 2. The summed E-state index contributed by atoms with van der Waals surface area (Å²) in [4.78, 5) is 25.5. The SMILES string of the molecule is COc1cc2cc3c(cc2cc1OC)C(=O)c1ccccc1C3=O. The molecule has 24 heavy (non-hydrogen) atoms. The maximum atomic E-state index is 12.8. The van der Waals surface area contributed by atoms with E-state index in [0.717, 1.165) is 10.8 Å². The van der Waals surface area contributed by atoms with Gasteiger partial charge in [-0.05, 0) is 35.0 Å². The lowest BCUT2D eigenvalue weighted by atomic mass is 9.83. The molecular weight excluding hydrogens is 304 g/mol. The lowest BCUT2D eigenvalue weighted by Gasteiger charge is -2.18. The van der Waals surface area contributed by atoms with Gasteiger partial charge in [-0.2, -0.15) is 0 Å². The topological polar surface area (TPSA) is 52.6 Å². The summed E-state index contributed by atoms with van der Waals surface area (Å²) in [5.74, 6) is 0.911. The van der Waals surface area contributed by atoms with Crippen molar-refractivity contribution in [3.05, 3.63) is 70.8 Å². The molecule has 3 aromatic carbocycles. The van der Waals surface area contributed by atoms with Gasteiger partial charge in [-0.1, -0.05) is 24.3 Å². The highest BCUT2D eigenvalue weighted by Gasteiger charge is 2.29. The van der Waals surface area contributed by atoms with Gasteiger partial charge in [0.15, 0.2) is 23.1 Å². The molecule has 4 heteroatoms. The molecule has 4 rings (SSSR count). The van der Waals surface area contributed by atoms with E-state index in [1.807, 2.05) is 12.1 Å². The van der Waals surface area contributed by atoms with Gasteiger partial charge in [0.25, 0.3) is 0 Å². The maximum Gasteiger partial charge on any atom is 0.194 e. The van der Waals surface area contributed by atoms with E-state index in [2.05, 4.69) is 0 Å². The summed E-state index contributed by atoms with van der Waals surface area (Å²) in [7, 11) is 3.13. The van der Waals surface area contributed by atoms with Crippen LogP contribution in [0, 0.1) is 0 Å². The monoisotopic (exact) mass is 318 g/mol. The Balaban J connectivity index is 2.01. The van der Waals surface area contributed by atoms with Crippen LogP contribution in [0.4, 0.5) is 0 Å². The lowest BCUT2D eigenvalue weighted by Crippen LogP contribution is -2.20. The number of ether oxygens (including phenoxy) is 2. The molecule has 0 fully saturated rings. The molecular formula is C20H14O4. The first-order valence-corrected chi connectivity index (χ1v) is 7.52. The van der Waals surface area contributed by atoms with E-state index in [0.29, 0.717) is 33.8 Å².